The van der Waals surface area contributed by atoms with Crippen molar-refractivity contribution in [1.82, 2.24) is 0 Å². The Hall–Kier alpha value is -1.10. The molecule has 0 amide bonds. The third kappa shape index (κ3) is 3.70. The van der Waals surface area contributed by atoms with Crippen molar-refractivity contribution in [2.24, 2.45) is 0 Å². The van der Waals surface area contributed by atoms with E-state index in [9.17, 15) is 4.79 Å². The Bertz CT molecular complexity index is 404. The molecule has 1 aliphatic heterocycles. The molecule has 1 aromatic carbocycles. The summed E-state index contributed by atoms with van der Waals surface area (Å²) in [6.07, 6.45) is 0.359. The highest BCUT2D eigenvalue weighted by molar-refractivity contribution is 6.30. The summed E-state index contributed by atoms with van der Waals surface area (Å²) in [6.45, 7) is 0.424. The van der Waals surface area contributed by atoms with Gasteiger partial charge in [-0.1, -0.05) is 23.7 Å². The molecule has 0 spiro atoms. The van der Waals surface area contributed by atoms with Gasteiger partial charge in [0.05, 0.1) is 26.2 Å². The van der Waals surface area contributed by atoms with Crippen LogP contribution in [0.1, 0.15) is 12.0 Å². The Morgan fingerprint density at radius 3 is 2.83 bits per heavy atom. The van der Waals surface area contributed by atoms with Gasteiger partial charge in [-0.05, 0) is 17.7 Å². The van der Waals surface area contributed by atoms with Gasteiger partial charge in [0.15, 0.2) is 6.29 Å². The summed E-state index contributed by atoms with van der Waals surface area (Å²) in [5.74, 6) is -0.282. The Labute approximate surface area is 111 Å². The summed E-state index contributed by atoms with van der Waals surface area (Å²) in [4.78, 5) is 11.1. The summed E-state index contributed by atoms with van der Waals surface area (Å²) in [6, 6.07) is 7.53. The lowest BCUT2D eigenvalue weighted by Gasteiger charge is -2.11. The Kier molecular flexibility index (Phi) is 4.58. The Balaban J connectivity index is 1.82. The minimum atomic E-state index is -0.305. The van der Waals surface area contributed by atoms with Gasteiger partial charge >= 0.3 is 5.97 Å². The maximum atomic E-state index is 11.1. The average molecular weight is 271 g/mol. The van der Waals surface area contributed by atoms with Gasteiger partial charge in [0, 0.05) is 11.4 Å². The van der Waals surface area contributed by atoms with Crippen LogP contribution in [0.4, 0.5) is 0 Å². The van der Waals surface area contributed by atoms with E-state index in [1.807, 2.05) is 24.3 Å². The zero-order chi connectivity index (χ0) is 13.0. The van der Waals surface area contributed by atoms with Gasteiger partial charge in [-0.3, -0.25) is 4.79 Å². The largest absolute Gasteiger partial charge is 0.469 e. The standard InChI is InChI=1S/C13H15ClO4/c1-16-12(15)7-11-8-17-13(18-11)6-9-2-4-10(14)5-3-9/h2-5,11,13H,6-8H2,1H3. The topological polar surface area (TPSA) is 44.8 Å². The van der Waals surface area contributed by atoms with Crippen molar-refractivity contribution in [3.63, 3.8) is 0 Å². The molecule has 18 heavy (non-hydrogen) atoms. The van der Waals surface area contributed by atoms with Crippen LogP contribution in [0.5, 0.6) is 0 Å². The van der Waals surface area contributed by atoms with Crippen LogP contribution in [0.2, 0.25) is 5.02 Å². The van der Waals surface area contributed by atoms with Crippen LogP contribution < -0.4 is 0 Å². The van der Waals surface area contributed by atoms with Gasteiger partial charge in [0.1, 0.15) is 0 Å². The van der Waals surface area contributed by atoms with Crippen LogP contribution in [0.25, 0.3) is 0 Å². The van der Waals surface area contributed by atoms with Crippen molar-refractivity contribution in [3.8, 4) is 0 Å². The molecule has 0 saturated carbocycles. The SMILES string of the molecule is COC(=O)CC1COC(Cc2ccc(Cl)cc2)O1. The average Bonchev–Trinajstić information content (AvgIpc) is 2.79. The fourth-order valence-corrected chi connectivity index (χ4v) is 1.93. The van der Waals surface area contributed by atoms with Crippen LogP contribution in [0.15, 0.2) is 24.3 Å². The fourth-order valence-electron chi connectivity index (χ4n) is 1.80. The lowest BCUT2D eigenvalue weighted by Crippen LogP contribution is -2.18. The molecule has 98 valence electrons. The van der Waals surface area contributed by atoms with E-state index in [0.29, 0.717) is 18.1 Å². The van der Waals surface area contributed by atoms with Crippen molar-refractivity contribution in [1.29, 1.82) is 0 Å². The van der Waals surface area contributed by atoms with Crippen LogP contribution in [0, 0.1) is 0 Å². The Morgan fingerprint density at radius 1 is 1.44 bits per heavy atom. The summed E-state index contributed by atoms with van der Waals surface area (Å²) in [7, 11) is 1.36. The second-order valence-corrected chi connectivity index (χ2v) is 4.57. The molecule has 0 N–H and O–H groups in total. The molecular formula is C13H15ClO4. The van der Waals surface area contributed by atoms with Crippen LogP contribution in [-0.2, 0) is 25.4 Å². The van der Waals surface area contributed by atoms with E-state index >= 15 is 0 Å². The van der Waals surface area contributed by atoms with Gasteiger partial charge in [-0.15, -0.1) is 0 Å². The number of hydrogen-bond donors (Lipinski definition) is 0. The second-order valence-electron chi connectivity index (χ2n) is 4.13. The third-order valence-electron chi connectivity index (χ3n) is 2.75. The smallest absolute Gasteiger partial charge is 0.308 e. The second kappa shape index (κ2) is 6.18. The van der Waals surface area contributed by atoms with E-state index in [0.717, 1.165) is 5.56 Å². The van der Waals surface area contributed by atoms with Crippen molar-refractivity contribution in [2.45, 2.75) is 25.2 Å². The van der Waals surface area contributed by atoms with Crippen molar-refractivity contribution >= 4 is 17.6 Å². The minimum Gasteiger partial charge on any atom is -0.469 e. The van der Waals surface area contributed by atoms with E-state index in [-0.39, 0.29) is 24.8 Å². The number of hydrogen-bond acceptors (Lipinski definition) is 4. The highest BCUT2D eigenvalue weighted by Crippen LogP contribution is 2.19. The van der Waals surface area contributed by atoms with Crippen LogP contribution >= 0.6 is 11.6 Å². The van der Waals surface area contributed by atoms with E-state index in [1.54, 1.807) is 0 Å². The first-order valence-corrected chi connectivity index (χ1v) is 6.13. The number of carbonyl (C=O) groups is 1. The lowest BCUT2D eigenvalue weighted by atomic mass is 10.1. The van der Waals surface area contributed by atoms with Gasteiger partial charge < -0.3 is 14.2 Å². The fraction of sp³-hybridized carbons (Fsp3) is 0.462. The molecule has 1 saturated heterocycles. The molecule has 0 aromatic heterocycles. The van der Waals surface area contributed by atoms with Gasteiger partial charge in [0.25, 0.3) is 0 Å². The Morgan fingerprint density at radius 2 is 2.17 bits per heavy atom. The van der Waals surface area contributed by atoms with Crippen molar-refractivity contribution < 1.29 is 19.0 Å². The number of esters is 1. The molecule has 2 rings (SSSR count). The normalized spacial score (nSPS) is 23.0. The van der Waals surface area contributed by atoms with Crippen molar-refractivity contribution in [2.75, 3.05) is 13.7 Å². The maximum Gasteiger partial charge on any atom is 0.308 e. The van der Waals surface area contributed by atoms with Gasteiger partial charge in [-0.2, -0.15) is 0 Å². The third-order valence-corrected chi connectivity index (χ3v) is 3.00. The van der Waals surface area contributed by atoms with Gasteiger partial charge in [0.2, 0.25) is 0 Å². The van der Waals surface area contributed by atoms with Crippen LogP contribution in [0.3, 0.4) is 0 Å². The molecule has 5 heteroatoms. The number of methoxy groups -OCH3 is 1. The van der Waals surface area contributed by atoms with E-state index in [1.165, 1.54) is 7.11 Å². The number of rotatable bonds is 4. The molecule has 2 atom stereocenters. The quantitative estimate of drug-likeness (QED) is 0.787. The maximum absolute atomic E-state index is 11.1. The molecule has 0 aliphatic carbocycles. The number of carbonyl (C=O) groups excluding carboxylic acids is 1. The number of benzene rings is 1. The molecule has 1 aromatic rings. The van der Waals surface area contributed by atoms with Crippen molar-refractivity contribution in [3.05, 3.63) is 34.9 Å². The predicted molar refractivity (Wildman–Crippen MR) is 66.4 cm³/mol. The highest BCUT2D eigenvalue weighted by Gasteiger charge is 2.28. The molecule has 1 fully saturated rings. The van der Waals surface area contributed by atoms with Gasteiger partial charge in [-0.25, -0.2) is 0 Å². The lowest BCUT2D eigenvalue weighted by molar-refractivity contribution is -0.143. The summed E-state index contributed by atoms with van der Waals surface area (Å²) < 4.78 is 15.7. The number of halogens is 1. The molecule has 0 bridgehead atoms. The first-order valence-electron chi connectivity index (χ1n) is 5.75. The summed E-state index contributed by atoms with van der Waals surface area (Å²) in [5, 5.41) is 0.704. The molecule has 0 radical (unpaired) electrons. The highest BCUT2D eigenvalue weighted by atomic mass is 35.5. The molecule has 4 nitrogen and oxygen atoms in total. The van der Waals surface area contributed by atoms with E-state index in [2.05, 4.69) is 4.74 Å². The summed E-state index contributed by atoms with van der Waals surface area (Å²) in [5.41, 5.74) is 1.09. The van der Waals surface area contributed by atoms with Crippen LogP contribution in [-0.4, -0.2) is 32.1 Å². The molecule has 1 aliphatic rings. The number of ether oxygens (including phenoxy) is 3. The first-order chi connectivity index (χ1) is 8.67. The minimum absolute atomic E-state index is 0.213. The zero-order valence-electron chi connectivity index (χ0n) is 10.1. The van der Waals surface area contributed by atoms with E-state index in [4.69, 9.17) is 21.1 Å². The molecule has 1 heterocycles. The first kappa shape index (κ1) is 13.3. The monoisotopic (exact) mass is 270 g/mol. The molecular weight excluding hydrogens is 256 g/mol. The zero-order valence-corrected chi connectivity index (χ0v) is 10.9. The predicted octanol–water partition coefficient (Wildman–Crippen LogP) is 2.19. The summed E-state index contributed by atoms with van der Waals surface area (Å²) >= 11 is 5.81. The molecule has 2 unspecified atom stereocenters. The van der Waals surface area contributed by atoms with E-state index < -0.39 is 0 Å².